The van der Waals surface area contributed by atoms with Crippen molar-refractivity contribution in [3.05, 3.63) is 59.4 Å². The summed E-state index contributed by atoms with van der Waals surface area (Å²) >= 11 is 0. The van der Waals surface area contributed by atoms with E-state index in [4.69, 9.17) is 4.42 Å². The van der Waals surface area contributed by atoms with Gasteiger partial charge in [-0.15, -0.1) is 0 Å². The molecule has 0 bridgehead atoms. The first-order chi connectivity index (χ1) is 11.9. The van der Waals surface area contributed by atoms with Crippen LogP contribution in [0.25, 0.3) is 22.1 Å². The van der Waals surface area contributed by atoms with E-state index < -0.39 is 24.1 Å². The molecular formula is C18H12F2O5. The number of aromatic carboxylic acids is 1. The van der Waals surface area contributed by atoms with Crippen molar-refractivity contribution in [3.8, 4) is 11.1 Å². The van der Waals surface area contributed by atoms with Crippen LogP contribution in [0.2, 0.25) is 0 Å². The van der Waals surface area contributed by atoms with Crippen LogP contribution < -0.4 is 0 Å². The molecule has 0 radical (unpaired) electrons. The summed E-state index contributed by atoms with van der Waals surface area (Å²) in [4.78, 5) is 23.2. The van der Waals surface area contributed by atoms with Crippen molar-refractivity contribution in [1.82, 2.24) is 0 Å². The third-order valence-corrected chi connectivity index (χ3v) is 3.71. The second-order valence-electron chi connectivity index (χ2n) is 5.23. The molecule has 0 saturated heterocycles. The second kappa shape index (κ2) is 6.35. The van der Waals surface area contributed by atoms with Crippen LogP contribution >= 0.6 is 0 Å². The molecule has 0 spiro atoms. The van der Waals surface area contributed by atoms with E-state index in [0.717, 1.165) is 13.2 Å². The molecule has 128 valence electrons. The maximum Gasteiger partial charge on any atom is 0.337 e. The zero-order valence-electron chi connectivity index (χ0n) is 13.0. The topological polar surface area (TPSA) is 76.7 Å². The largest absolute Gasteiger partial charge is 0.478 e. The number of carbonyl (C=O) groups excluding carboxylic acids is 1. The number of methoxy groups -OCH3 is 1. The van der Waals surface area contributed by atoms with E-state index in [0.29, 0.717) is 5.39 Å². The molecule has 2 aromatic carbocycles. The van der Waals surface area contributed by atoms with Gasteiger partial charge in [-0.2, -0.15) is 0 Å². The molecule has 0 aliphatic carbocycles. The van der Waals surface area contributed by atoms with Gasteiger partial charge in [-0.05, 0) is 29.8 Å². The molecule has 0 saturated carbocycles. The number of esters is 1. The molecule has 0 atom stereocenters. The van der Waals surface area contributed by atoms with Gasteiger partial charge in [0, 0.05) is 10.9 Å². The van der Waals surface area contributed by atoms with Crippen LogP contribution in [0.3, 0.4) is 0 Å². The number of benzene rings is 2. The van der Waals surface area contributed by atoms with Crippen LogP contribution in [-0.2, 0) is 4.74 Å². The molecule has 3 rings (SSSR count). The first kappa shape index (κ1) is 16.6. The van der Waals surface area contributed by atoms with Crippen LogP contribution in [0.5, 0.6) is 0 Å². The Labute approximate surface area is 140 Å². The van der Waals surface area contributed by atoms with Gasteiger partial charge in [0.15, 0.2) is 5.76 Å². The van der Waals surface area contributed by atoms with Crippen molar-refractivity contribution in [2.75, 3.05) is 7.11 Å². The summed E-state index contributed by atoms with van der Waals surface area (Å²) in [6.45, 7) is 0. The van der Waals surface area contributed by atoms with E-state index in [9.17, 15) is 23.5 Å². The molecule has 1 N–H and O–H groups in total. The van der Waals surface area contributed by atoms with Gasteiger partial charge in [-0.3, -0.25) is 0 Å². The monoisotopic (exact) mass is 346 g/mol. The maximum absolute atomic E-state index is 13.4. The minimum Gasteiger partial charge on any atom is -0.478 e. The highest BCUT2D eigenvalue weighted by molar-refractivity contribution is 6.01. The predicted molar refractivity (Wildman–Crippen MR) is 84.9 cm³/mol. The lowest BCUT2D eigenvalue weighted by Crippen LogP contribution is -2.05. The highest BCUT2D eigenvalue weighted by Crippen LogP contribution is 2.40. The van der Waals surface area contributed by atoms with E-state index >= 15 is 0 Å². The van der Waals surface area contributed by atoms with Crippen molar-refractivity contribution >= 4 is 22.9 Å². The minimum atomic E-state index is -2.91. The molecule has 3 aromatic rings. The summed E-state index contributed by atoms with van der Waals surface area (Å²) < 4.78 is 36.7. The first-order valence-electron chi connectivity index (χ1n) is 7.19. The van der Waals surface area contributed by atoms with Crippen molar-refractivity contribution in [1.29, 1.82) is 0 Å². The van der Waals surface area contributed by atoms with Crippen molar-refractivity contribution < 1.29 is 32.6 Å². The Hall–Kier alpha value is -3.22. The van der Waals surface area contributed by atoms with Gasteiger partial charge in [-0.1, -0.05) is 18.2 Å². The fourth-order valence-corrected chi connectivity index (χ4v) is 2.65. The van der Waals surface area contributed by atoms with Gasteiger partial charge in [0.05, 0.1) is 18.2 Å². The third kappa shape index (κ3) is 2.96. The van der Waals surface area contributed by atoms with Crippen LogP contribution in [0.15, 0.2) is 46.9 Å². The third-order valence-electron chi connectivity index (χ3n) is 3.71. The molecule has 25 heavy (non-hydrogen) atoms. The van der Waals surface area contributed by atoms with Crippen LogP contribution in [-0.4, -0.2) is 24.2 Å². The number of alkyl halides is 2. The maximum atomic E-state index is 13.4. The molecule has 5 nitrogen and oxygen atoms in total. The number of halogens is 2. The smallest absolute Gasteiger partial charge is 0.337 e. The molecule has 1 heterocycles. The molecule has 0 amide bonds. The number of ether oxygens (including phenoxy) is 1. The normalized spacial score (nSPS) is 11.0. The van der Waals surface area contributed by atoms with Gasteiger partial charge >= 0.3 is 11.9 Å². The Morgan fingerprint density at radius 2 is 1.80 bits per heavy atom. The fourth-order valence-electron chi connectivity index (χ4n) is 2.65. The number of carboxylic acids is 1. The average Bonchev–Trinajstić information content (AvgIpc) is 3.00. The minimum absolute atomic E-state index is 0.0529. The highest BCUT2D eigenvalue weighted by Gasteiger charge is 2.24. The van der Waals surface area contributed by atoms with Crippen LogP contribution in [0.1, 0.15) is 32.9 Å². The van der Waals surface area contributed by atoms with Gasteiger partial charge in [0.25, 0.3) is 6.43 Å². The number of carbonyl (C=O) groups is 2. The van der Waals surface area contributed by atoms with Crippen molar-refractivity contribution in [2.24, 2.45) is 0 Å². The van der Waals surface area contributed by atoms with Gasteiger partial charge in [-0.25, -0.2) is 18.4 Å². The Balaban J connectivity index is 2.34. The van der Waals surface area contributed by atoms with Gasteiger partial charge in [0.1, 0.15) is 5.58 Å². The molecule has 0 aliphatic heterocycles. The lowest BCUT2D eigenvalue weighted by Gasteiger charge is -2.08. The van der Waals surface area contributed by atoms with Crippen molar-refractivity contribution in [3.63, 3.8) is 0 Å². The lowest BCUT2D eigenvalue weighted by atomic mass is 9.97. The number of hydrogen-bond donors (Lipinski definition) is 1. The van der Waals surface area contributed by atoms with E-state index in [1.165, 1.54) is 18.2 Å². The van der Waals surface area contributed by atoms with Crippen molar-refractivity contribution in [2.45, 2.75) is 6.43 Å². The lowest BCUT2D eigenvalue weighted by molar-refractivity contribution is 0.0600. The number of fused-ring (bicyclic) bond motifs is 1. The summed E-state index contributed by atoms with van der Waals surface area (Å²) in [5, 5.41) is 9.65. The Kier molecular flexibility index (Phi) is 4.22. The first-order valence-corrected chi connectivity index (χ1v) is 7.19. The zero-order chi connectivity index (χ0) is 18.1. The van der Waals surface area contributed by atoms with E-state index in [1.54, 1.807) is 18.2 Å². The molecule has 7 heteroatoms. The summed E-state index contributed by atoms with van der Waals surface area (Å²) in [6, 6.07) is 10.1. The molecule has 0 fully saturated rings. The predicted octanol–water partition coefficient (Wildman–Crippen LogP) is 4.52. The Morgan fingerprint density at radius 3 is 2.44 bits per heavy atom. The molecule has 0 unspecified atom stereocenters. The quantitative estimate of drug-likeness (QED) is 0.703. The zero-order valence-corrected chi connectivity index (χ0v) is 13.0. The number of carboxylic acid groups (broad SMARTS) is 1. The summed E-state index contributed by atoms with van der Waals surface area (Å²) in [5.41, 5.74) is 0.166. The average molecular weight is 346 g/mol. The van der Waals surface area contributed by atoms with Gasteiger partial charge in [0.2, 0.25) is 0 Å². The van der Waals surface area contributed by atoms with Gasteiger partial charge < -0.3 is 14.3 Å². The second-order valence-corrected chi connectivity index (χ2v) is 5.23. The van der Waals surface area contributed by atoms with E-state index in [2.05, 4.69) is 4.74 Å². The van der Waals surface area contributed by atoms with Crippen LogP contribution in [0.4, 0.5) is 8.78 Å². The number of rotatable bonds is 4. The molecule has 1 aromatic heterocycles. The molecular weight excluding hydrogens is 334 g/mol. The summed E-state index contributed by atoms with van der Waals surface area (Å²) in [6.07, 6.45) is -2.91. The summed E-state index contributed by atoms with van der Waals surface area (Å²) in [5.74, 6) is -2.64. The number of furan rings is 1. The number of hydrogen-bond acceptors (Lipinski definition) is 4. The summed E-state index contributed by atoms with van der Waals surface area (Å²) in [7, 11) is 1.15. The van der Waals surface area contributed by atoms with E-state index in [-0.39, 0.29) is 27.8 Å². The fraction of sp³-hybridized carbons (Fsp3) is 0.111. The Morgan fingerprint density at radius 1 is 1.12 bits per heavy atom. The molecule has 0 aliphatic rings. The highest BCUT2D eigenvalue weighted by atomic mass is 19.3. The van der Waals surface area contributed by atoms with E-state index in [1.807, 2.05) is 0 Å². The SMILES string of the molecule is COC(=O)c1cc(C(=O)O)cc(-c2c(C(F)F)oc3ccccc23)c1. The standard InChI is InChI=1S/C18H12F2O5/c1-24-18(23)11-7-9(6-10(8-11)17(21)22)14-12-4-2-3-5-13(12)25-15(14)16(19)20/h2-8,16H,1H3,(H,21,22). The van der Waals surface area contributed by atoms with Crippen LogP contribution in [0, 0.1) is 0 Å². The Bertz CT molecular complexity index is 975. The number of para-hydroxylation sites is 1.